The van der Waals surface area contributed by atoms with Gasteiger partial charge in [0.2, 0.25) is 0 Å². The second kappa shape index (κ2) is 7.98. The van der Waals surface area contributed by atoms with Crippen molar-refractivity contribution in [2.24, 2.45) is 0 Å². The van der Waals surface area contributed by atoms with E-state index in [0.29, 0.717) is 5.05 Å². The van der Waals surface area contributed by atoms with E-state index in [4.69, 9.17) is 29.9 Å². The van der Waals surface area contributed by atoms with E-state index >= 15 is 0 Å². The van der Waals surface area contributed by atoms with E-state index in [1.807, 2.05) is 0 Å². The molecule has 0 aromatic rings. The molecule has 0 aromatic carbocycles. The van der Waals surface area contributed by atoms with Crippen LogP contribution >= 0.6 is 12.2 Å². The Kier molecular flexibility index (Phi) is 10.7. The van der Waals surface area contributed by atoms with Crippen molar-refractivity contribution in [2.75, 3.05) is 21.3 Å². The molecule has 12 heavy (non-hydrogen) atoms. The number of hydrogen-bond acceptors (Lipinski definition) is 5. The molecule has 0 N–H and O–H groups in total. The zero-order valence-electron chi connectivity index (χ0n) is 9.04. The zero-order chi connectivity index (χ0) is 8.91. The summed E-state index contributed by atoms with van der Waals surface area (Å²) in [6.07, 6.45) is 0. The Labute approximate surface area is 123 Å². The van der Waals surface area contributed by atoms with Crippen molar-refractivity contribution < 1.29 is 70.5 Å². The molecule has 7 heteroatoms. The SMILES string of the molecule is CO[Si](OC)(OC)OC(C)=S.[H-].[K+]. The van der Waals surface area contributed by atoms with Gasteiger partial charge < -0.3 is 19.1 Å². The van der Waals surface area contributed by atoms with Crippen LogP contribution in [0.15, 0.2) is 0 Å². The molecular formula is C5H13KO4SSi. The van der Waals surface area contributed by atoms with Crippen LogP contribution in [-0.4, -0.2) is 35.4 Å². The fraction of sp³-hybridized carbons (Fsp3) is 0.800. The molecule has 0 bridgehead atoms. The summed E-state index contributed by atoms with van der Waals surface area (Å²) in [4.78, 5) is 0. The van der Waals surface area contributed by atoms with Crippen LogP contribution in [0.1, 0.15) is 8.35 Å². The van der Waals surface area contributed by atoms with Crippen LogP contribution in [0.4, 0.5) is 0 Å². The van der Waals surface area contributed by atoms with Crippen LogP contribution < -0.4 is 51.4 Å². The van der Waals surface area contributed by atoms with E-state index in [0.717, 1.165) is 0 Å². The van der Waals surface area contributed by atoms with Crippen molar-refractivity contribution in [3.63, 3.8) is 0 Å². The zero-order valence-corrected chi connectivity index (χ0v) is 13.0. The molecule has 0 rings (SSSR count). The normalized spacial score (nSPS) is 10.3. The summed E-state index contributed by atoms with van der Waals surface area (Å²) in [5.41, 5.74) is 0. The summed E-state index contributed by atoms with van der Waals surface area (Å²) in [6, 6.07) is 0. The number of rotatable bonds is 4. The Hall–Kier alpha value is 1.62. The predicted molar refractivity (Wildman–Crippen MR) is 47.3 cm³/mol. The van der Waals surface area contributed by atoms with Gasteiger partial charge in [-0.05, 0) is 12.2 Å². The molecule has 0 aromatic heterocycles. The van der Waals surface area contributed by atoms with Crippen LogP contribution in [-0.2, 0) is 17.7 Å². The molecule has 0 unspecified atom stereocenters. The van der Waals surface area contributed by atoms with Gasteiger partial charge in [-0.25, -0.2) is 0 Å². The van der Waals surface area contributed by atoms with Crippen molar-refractivity contribution in [1.82, 2.24) is 0 Å². The second-order valence-corrected chi connectivity index (χ2v) is 4.71. The first-order chi connectivity index (χ1) is 5.10. The summed E-state index contributed by atoms with van der Waals surface area (Å²) < 4.78 is 19.9. The standard InChI is InChI=1S/C5H12O4SSi.K.H/c1-5(10)9-11(6-2,7-3)8-4;;/h1-4H3;;/q;+1;-1. The first-order valence-corrected chi connectivity index (χ1v) is 4.99. The van der Waals surface area contributed by atoms with Crippen molar-refractivity contribution in [3.05, 3.63) is 0 Å². The summed E-state index contributed by atoms with van der Waals surface area (Å²) in [5.74, 6) is 0. The Morgan fingerprint density at radius 3 is 1.58 bits per heavy atom. The Balaban J connectivity index is -0.000000500. The van der Waals surface area contributed by atoms with Crippen LogP contribution in [0.2, 0.25) is 0 Å². The van der Waals surface area contributed by atoms with Gasteiger partial charge in [-0.15, -0.1) is 0 Å². The predicted octanol–water partition coefficient (Wildman–Crippen LogP) is -2.16. The van der Waals surface area contributed by atoms with Gasteiger partial charge in [-0.1, -0.05) is 0 Å². The molecule has 0 atom stereocenters. The minimum atomic E-state index is -2.92. The first kappa shape index (κ1) is 16.1. The fourth-order valence-corrected chi connectivity index (χ4v) is 1.96. The second-order valence-electron chi connectivity index (χ2n) is 1.71. The quantitative estimate of drug-likeness (QED) is 0.411. The molecule has 0 aliphatic heterocycles. The number of hydrogen-bond donors (Lipinski definition) is 0. The maximum Gasteiger partial charge on any atom is 1.00 e. The molecule has 0 radical (unpaired) electrons. The smallest absolute Gasteiger partial charge is 1.00 e. The molecule has 0 heterocycles. The fourth-order valence-electron chi connectivity index (χ4n) is 0.551. The van der Waals surface area contributed by atoms with E-state index in [1.165, 1.54) is 21.3 Å². The van der Waals surface area contributed by atoms with Crippen LogP contribution in [0.3, 0.4) is 0 Å². The summed E-state index contributed by atoms with van der Waals surface area (Å²) >= 11 is 4.72. The van der Waals surface area contributed by atoms with E-state index in [9.17, 15) is 0 Å². The summed E-state index contributed by atoms with van der Waals surface area (Å²) in [5, 5.41) is 0.349. The van der Waals surface area contributed by atoms with E-state index in [2.05, 4.69) is 0 Å². The Morgan fingerprint density at radius 1 is 1.17 bits per heavy atom. The molecule has 68 valence electrons. The maximum absolute atomic E-state index is 5.09. The van der Waals surface area contributed by atoms with Gasteiger partial charge in [-0.2, -0.15) is 0 Å². The number of thiocarbonyl (C=S) groups is 1. The van der Waals surface area contributed by atoms with E-state index in [1.54, 1.807) is 6.92 Å². The summed E-state index contributed by atoms with van der Waals surface area (Å²) in [6.45, 7) is 1.63. The van der Waals surface area contributed by atoms with Gasteiger partial charge in [-0.3, -0.25) is 0 Å². The first-order valence-electron chi connectivity index (χ1n) is 2.95. The van der Waals surface area contributed by atoms with Gasteiger partial charge in [0.25, 0.3) is 0 Å². The molecule has 0 fully saturated rings. The van der Waals surface area contributed by atoms with Gasteiger partial charge in [0.05, 0.1) is 0 Å². The average Bonchev–Trinajstić information content (AvgIpc) is 2.00. The summed E-state index contributed by atoms with van der Waals surface area (Å²) in [7, 11) is 1.45. The van der Waals surface area contributed by atoms with Gasteiger partial charge in [0.15, 0.2) is 0 Å². The molecule has 4 nitrogen and oxygen atoms in total. The third kappa shape index (κ3) is 5.37. The minimum Gasteiger partial charge on any atom is -1.00 e. The molecule has 0 saturated carbocycles. The van der Waals surface area contributed by atoms with Gasteiger partial charge in [0, 0.05) is 28.3 Å². The molecule has 0 aliphatic carbocycles. The van der Waals surface area contributed by atoms with Crippen molar-refractivity contribution in [3.8, 4) is 0 Å². The largest absolute Gasteiger partial charge is 1.00 e. The Bertz CT molecular complexity index is 138. The van der Waals surface area contributed by atoms with Gasteiger partial charge in [0.1, 0.15) is 5.05 Å². The van der Waals surface area contributed by atoms with Crippen molar-refractivity contribution in [2.45, 2.75) is 6.92 Å². The Morgan fingerprint density at radius 2 is 1.50 bits per heavy atom. The van der Waals surface area contributed by atoms with E-state index in [-0.39, 0.29) is 52.8 Å². The van der Waals surface area contributed by atoms with Crippen LogP contribution in [0.25, 0.3) is 0 Å². The third-order valence-corrected chi connectivity index (χ3v) is 3.31. The molecule has 0 aliphatic rings. The van der Waals surface area contributed by atoms with Crippen LogP contribution in [0, 0.1) is 0 Å². The molecule has 0 saturated heterocycles. The maximum atomic E-state index is 5.09. The molecule has 0 spiro atoms. The van der Waals surface area contributed by atoms with Crippen molar-refractivity contribution >= 4 is 26.3 Å². The average molecular weight is 236 g/mol. The minimum absolute atomic E-state index is 0. The van der Waals surface area contributed by atoms with Crippen molar-refractivity contribution in [1.29, 1.82) is 0 Å². The van der Waals surface area contributed by atoms with Gasteiger partial charge >= 0.3 is 60.4 Å². The van der Waals surface area contributed by atoms with E-state index < -0.39 is 9.05 Å². The molecule has 0 amide bonds. The monoisotopic (exact) mass is 236 g/mol. The van der Waals surface area contributed by atoms with Crippen LogP contribution in [0.5, 0.6) is 0 Å². The molecular weight excluding hydrogens is 223 g/mol. The topological polar surface area (TPSA) is 36.9 Å². The third-order valence-electron chi connectivity index (χ3n) is 1.02.